The summed E-state index contributed by atoms with van der Waals surface area (Å²) < 4.78 is 4.15. The van der Waals surface area contributed by atoms with Gasteiger partial charge in [-0.05, 0) is 13.8 Å². The molecule has 0 atom stereocenters. The number of rotatable bonds is 2. The Morgan fingerprint density at radius 3 is 2.42 bits per heavy atom. The van der Waals surface area contributed by atoms with Crippen LogP contribution >= 0.6 is 0 Å². The molecule has 0 aliphatic heterocycles. The number of hydrogen-bond acceptors (Lipinski definition) is 3. The fourth-order valence-corrected chi connectivity index (χ4v) is 0.501. The zero-order valence-corrected chi connectivity index (χ0v) is 7.20. The minimum absolute atomic E-state index is 0.333. The molecule has 1 rings (SSSR count). The zero-order valence-electron chi connectivity index (χ0n) is 7.20. The van der Waals surface area contributed by atoms with Gasteiger partial charge in [0.05, 0.1) is 6.61 Å². The lowest BCUT2D eigenvalue weighted by Gasteiger charge is -1.79. The van der Waals surface area contributed by atoms with Gasteiger partial charge in [-0.1, -0.05) is 0 Å². The number of H-pyrrole nitrogens is 1. The average molecular weight is 171 g/mol. The van der Waals surface area contributed by atoms with E-state index >= 15 is 0 Å². The average Bonchev–Trinajstić information content (AvgIpc) is 2.39. The molecular weight excluding hydrogens is 158 g/mol. The lowest BCUT2D eigenvalue weighted by atomic mass is 10.4. The van der Waals surface area contributed by atoms with Gasteiger partial charge in [-0.2, -0.15) is 0 Å². The molecule has 0 fully saturated rings. The summed E-state index contributed by atoms with van der Waals surface area (Å²) in [4.78, 5) is 11.9. The molecule has 4 heteroatoms. The third kappa shape index (κ3) is 4.38. The van der Waals surface area contributed by atoms with Crippen molar-refractivity contribution in [3.8, 4) is 5.75 Å². The Kier molecular flexibility index (Phi) is 5.51. The number of carbonyl (C=O) groups is 1. The second-order valence-corrected chi connectivity index (χ2v) is 2.08. The van der Waals surface area contributed by atoms with Crippen LogP contribution in [0.5, 0.6) is 5.75 Å². The Morgan fingerprint density at radius 2 is 2.33 bits per heavy atom. The summed E-state index contributed by atoms with van der Waals surface area (Å²) in [6.07, 6.45) is 3.30. The maximum absolute atomic E-state index is 9.18. The van der Waals surface area contributed by atoms with Crippen molar-refractivity contribution in [2.24, 2.45) is 0 Å². The van der Waals surface area contributed by atoms with Gasteiger partial charge in [0.1, 0.15) is 5.75 Å². The van der Waals surface area contributed by atoms with Crippen LogP contribution in [-0.2, 0) is 9.53 Å². The van der Waals surface area contributed by atoms with E-state index in [4.69, 9.17) is 5.11 Å². The third-order valence-corrected chi connectivity index (χ3v) is 1.16. The summed E-state index contributed by atoms with van der Waals surface area (Å²) in [6, 6.07) is 0. The van der Waals surface area contributed by atoms with Gasteiger partial charge < -0.3 is 14.8 Å². The topological polar surface area (TPSA) is 62.3 Å². The molecule has 0 spiro atoms. The summed E-state index contributed by atoms with van der Waals surface area (Å²) in [6.45, 7) is 4.50. The van der Waals surface area contributed by atoms with E-state index in [1.165, 1.54) is 0 Å². The normalized spacial score (nSPS) is 8.17. The van der Waals surface area contributed by atoms with E-state index in [0.717, 1.165) is 5.56 Å². The number of hydrogen-bond donors (Lipinski definition) is 2. The van der Waals surface area contributed by atoms with Crippen molar-refractivity contribution in [1.82, 2.24) is 4.98 Å². The molecule has 2 N–H and O–H groups in total. The highest BCUT2D eigenvalue weighted by Crippen LogP contribution is 2.11. The van der Waals surface area contributed by atoms with Crippen LogP contribution < -0.4 is 0 Å². The van der Waals surface area contributed by atoms with Crippen molar-refractivity contribution in [2.45, 2.75) is 13.8 Å². The molecule has 0 aliphatic carbocycles. The largest absolute Gasteiger partial charge is 0.506 e. The van der Waals surface area contributed by atoms with Gasteiger partial charge in [0.15, 0.2) is 0 Å². The first-order valence-electron chi connectivity index (χ1n) is 3.60. The molecule has 4 nitrogen and oxygen atoms in total. The van der Waals surface area contributed by atoms with E-state index in [1.807, 2.05) is 6.92 Å². The first-order valence-corrected chi connectivity index (χ1v) is 3.60. The van der Waals surface area contributed by atoms with Crippen LogP contribution in [-0.4, -0.2) is 23.2 Å². The number of aryl methyl sites for hydroxylation is 1. The molecule has 1 aromatic rings. The van der Waals surface area contributed by atoms with E-state index in [-0.39, 0.29) is 0 Å². The zero-order chi connectivity index (χ0) is 9.40. The molecule has 0 aromatic carbocycles. The molecule has 0 saturated carbocycles. The molecule has 0 radical (unpaired) electrons. The second kappa shape index (κ2) is 6.27. The highest BCUT2D eigenvalue weighted by atomic mass is 16.5. The van der Waals surface area contributed by atoms with Gasteiger partial charge in [-0.3, -0.25) is 4.79 Å². The van der Waals surface area contributed by atoms with Gasteiger partial charge >= 0.3 is 0 Å². The van der Waals surface area contributed by atoms with Crippen LogP contribution in [0, 0.1) is 6.92 Å². The molecule has 0 amide bonds. The van der Waals surface area contributed by atoms with Gasteiger partial charge in [0.2, 0.25) is 0 Å². The van der Waals surface area contributed by atoms with Crippen LogP contribution in [0.3, 0.4) is 0 Å². The Morgan fingerprint density at radius 1 is 1.67 bits per heavy atom. The number of aromatic amines is 1. The number of aromatic nitrogens is 1. The first-order chi connectivity index (χ1) is 5.72. The fourth-order valence-electron chi connectivity index (χ4n) is 0.501. The van der Waals surface area contributed by atoms with Crippen LogP contribution in [0.1, 0.15) is 12.5 Å². The summed E-state index contributed by atoms with van der Waals surface area (Å²) >= 11 is 0. The Bertz CT molecular complexity index is 203. The van der Waals surface area contributed by atoms with E-state index < -0.39 is 0 Å². The maximum atomic E-state index is 9.18. The number of carbonyl (C=O) groups excluding carboxylic acids is 1. The molecule has 0 saturated heterocycles. The van der Waals surface area contributed by atoms with Gasteiger partial charge in [-0.15, -0.1) is 0 Å². The lowest BCUT2D eigenvalue weighted by molar-refractivity contribution is -0.128. The predicted molar refractivity (Wildman–Crippen MR) is 44.9 cm³/mol. The summed E-state index contributed by atoms with van der Waals surface area (Å²) in [5, 5.41) is 8.73. The van der Waals surface area contributed by atoms with E-state index in [2.05, 4.69) is 9.72 Å². The number of aromatic hydroxyl groups is 1. The van der Waals surface area contributed by atoms with Gasteiger partial charge in [0, 0.05) is 18.0 Å². The van der Waals surface area contributed by atoms with Crippen molar-refractivity contribution in [2.75, 3.05) is 6.61 Å². The number of ether oxygens (including phenoxy) is 1. The SMILES string of the molecule is CCOC=O.Cc1c[nH]cc1O. The summed E-state index contributed by atoms with van der Waals surface area (Å²) in [5.41, 5.74) is 0.889. The Hall–Kier alpha value is -1.45. The van der Waals surface area contributed by atoms with Crippen molar-refractivity contribution in [3.63, 3.8) is 0 Å². The molecule has 1 heterocycles. The van der Waals surface area contributed by atoms with Crippen molar-refractivity contribution >= 4 is 6.47 Å². The molecule has 0 unspecified atom stereocenters. The molecule has 0 aliphatic rings. The van der Waals surface area contributed by atoms with Gasteiger partial charge in [-0.25, -0.2) is 0 Å². The van der Waals surface area contributed by atoms with Gasteiger partial charge in [0.25, 0.3) is 6.47 Å². The van der Waals surface area contributed by atoms with E-state index in [9.17, 15) is 4.79 Å². The quantitative estimate of drug-likeness (QED) is 0.657. The van der Waals surface area contributed by atoms with Crippen LogP contribution in [0.15, 0.2) is 12.4 Å². The highest BCUT2D eigenvalue weighted by molar-refractivity contribution is 5.36. The minimum atomic E-state index is 0.333. The molecule has 12 heavy (non-hydrogen) atoms. The Labute approximate surface area is 71.2 Å². The molecule has 1 aromatic heterocycles. The predicted octanol–water partition coefficient (Wildman–Crippen LogP) is 1.21. The second-order valence-electron chi connectivity index (χ2n) is 2.08. The van der Waals surface area contributed by atoms with E-state index in [0.29, 0.717) is 18.8 Å². The first kappa shape index (κ1) is 10.6. The highest BCUT2D eigenvalue weighted by Gasteiger charge is 1.89. The summed E-state index contributed by atoms with van der Waals surface area (Å²) in [5.74, 6) is 0.333. The molecule has 68 valence electrons. The maximum Gasteiger partial charge on any atom is 0.293 e. The Balaban J connectivity index is 0.000000217. The molecule has 0 bridgehead atoms. The summed E-state index contributed by atoms with van der Waals surface area (Å²) in [7, 11) is 0. The standard InChI is InChI=1S/C5H7NO.C3H6O2/c1-4-2-6-3-5(4)7;1-2-5-3-4/h2-3,6-7H,1H3;3H,2H2,1H3. The van der Waals surface area contributed by atoms with E-state index in [1.54, 1.807) is 19.3 Å². The fraction of sp³-hybridized carbons (Fsp3) is 0.375. The lowest BCUT2D eigenvalue weighted by Crippen LogP contribution is -1.80. The minimum Gasteiger partial charge on any atom is -0.506 e. The third-order valence-electron chi connectivity index (χ3n) is 1.16. The molecular formula is C8H13NO3. The van der Waals surface area contributed by atoms with Crippen LogP contribution in [0.2, 0.25) is 0 Å². The number of nitrogens with one attached hydrogen (secondary N) is 1. The van der Waals surface area contributed by atoms with Crippen LogP contribution in [0.25, 0.3) is 0 Å². The monoisotopic (exact) mass is 171 g/mol. The van der Waals surface area contributed by atoms with Crippen LogP contribution in [0.4, 0.5) is 0 Å². The van der Waals surface area contributed by atoms with Crippen molar-refractivity contribution < 1.29 is 14.6 Å². The smallest absolute Gasteiger partial charge is 0.293 e. The van der Waals surface area contributed by atoms with Crippen molar-refractivity contribution in [3.05, 3.63) is 18.0 Å². The van der Waals surface area contributed by atoms with Crippen molar-refractivity contribution in [1.29, 1.82) is 0 Å².